The Morgan fingerprint density at radius 2 is 1.04 bits per heavy atom. The predicted molar refractivity (Wildman–Crippen MR) is 265 cm³/mol. The van der Waals surface area contributed by atoms with Crippen LogP contribution in [0, 0.1) is 115 Å². The smallest absolute Gasteiger partial charge is 0.495 e. The van der Waals surface area contributed by atoms with E-state index in [4.69, 9.17) is 78.0 Å². The largest absolute Gasteiger partial charge is 0.502 e. The molecule has 1 saturated heterocycles. The van der Waals surface area contributed by atoms with Gasteiger partial charge < -0.3 is 9.47 Å². The lowest BCUT2D eigenvalue weighted by molar-refractivity contribution is -0.132. The predicted octanol–water partition coefficient (Wildman–Crippen LogP) is 0.344. The van der Waals surface area contributed by atoms with Gasteiger partial charge in [-0.05, 0) is 35.7 Å². The number of amides is 2. The summed E-state index contributed by atoms with van der Waals surface area (Å²) in [6, 6.07) is 14.5. The molecule has 384 valence electrons. The fourth-order valence-corrected chi connectivity index (χ4v) is 7.23. The van der Waals surface area contributed by atoms with Crippen molar-refractivity contribution in [1.29, 1.82) is 55.4 Å². The number of alkyl halides is 6. The van der Waals surface area contributed by atoms with Crippen LogP contribution in [0.2, 0.25) is 0 Å². The molecular formula is C40H27B6F6N13O9S3. The summed E-state index contributed by atoms with van der Waals surface area (Å²) in [5, 5.41) is 75.5. The van der Waals surface area contributed by atoms with E-state index in [-0.39, 0.29) is 80.4 Å². The van der Waals surface area contributed by atoms with E-state index in [1.54, 1.807) is 70.2 Å². The molecule has 0 N–H and O–H groups in total. The zero-order valence-electron chi connectivity index (χ0n) is 45.7. The minimum Gasteiger partial charge on any atom is -0.495 e. The molecule has 3 aliphatic heterocycles. The molecule has 0 aromatic heterocycles. The van der Waals surface area contributed by atoms with Gasteiger partial charge >= 0.3 is 11.0 Å². The zero-order chi connectivity index (χ0) is 65.7. The molecule has 0 aliphatic carbocycles. The van der Waals surface area contributed by atoms with Crippen LogP contribution in [0.5, 0.6) is 0 Å². The molecule has 3 aliphatic rings. The second-order valence-corrected chi connectivity index (χ2v) is 18.4. The maximum Gasteiger partial charge on any atom is 0.502 e. The van der Waals surface area contributed by atoms with E-state index in [0.29, 0.717) is 18.8 Å². The van der Waals surface area contributed by atoms with Crippen LogP contribution in [0.15, 0.2) is 89.4 Å². The van der Waals surface area contributed by atoms with Crippen molar-refractivity contribution < 1.29 is 66.4 Å². The summed E-state index contributed by atoms with van der Waals surface area (Å²) in [4.78, 5) is 31.8. The minimum absolute atomic E-state index is 0.0245. The van der Waals surface area contributed by atoms with Gasteiger partial charge in [-0.3, -0.25) is 19.4 Å². The number of ether oxygens (including phenoxy) is 2. The Morgan fingerprint density at radius 1 is 0.662 bits per heavy atom. The summed E-state index contributed by atoms with van der Waals surface area (Å²) in [5.41, 5.74) is -14.5. The number of hydrogen-bond donors (Lipinski definition) is 0. The highest BCUT2D eigenvalue weighted by molar-refractivity contribution is 8.15. The lowest BCUT2D eigenvalue weighted by Gasteiger charge is -2.31. The van der Waals surface area contributed by atoms with Crippen molar-refractivity contribution in [2.75, 3.05) is 14.1 Å². The topological polar surface area (TPSA) is 367 Å². The van der Waals surface area contributed by atoms with E-state index < -0.39 is 63.9 Å². The molecule has 77 heavy (non-hydrogen) atoms. The SMILES string of the molecule is [2H][B]C(C#N)=C(C#N)C#N.[2H][B]C1=C([N+]#[C-])C(=C(C#N)C#N)OC1(C)C.[2H][B]C1=C([N+]#[C-])C(=C(C#N)C#N)OC1(C)C.[2H][B]C=C(C#N)C#N.[2H][B]C=C(S(=O)(=O)C(F)(F)F)S(=O)(=O)C(F)(F)F.[2H][B]C=C1C(=O)N(C)C(=S=O)N(C)C1=O. The Balaban J connectivity index is -0.000000941. The molecule has 37 heteroatoms. The summed E-state index contributed by atoms with van der Waals surface area (Å²) in [5.74, 6) is 0.460. The van der Waals surface area contributed by atoms with Crippen molar-refractivity contribution in [1.82, 2.24) is 9.80 Å². The van der Waals surface area contributed by atoms with Crippen molar-refractivity contribution in [2.24, 2.45) is 0 Å². The molecule has 0 spiro atoms. The quantitative estimate of drug-likeness (QED) is 0.0601. The van der Waals surface area contributed by atoms with Gasteiger partial charge in [0, 0.05) is 19.6 Å². The van der Waals surface area contributed by atoms with Gasteiger partial charge in [0.25, 0.3) is 31.5 Å². The molecule has 0 atom stereocenters. The van der Waals surface area contributed by atoms with Gasteiger partial charge in [-0.25, -0.2) is 30.7 Å². The Labute approximate surface area is 455 Å². The molecule has 22 nitrogen and oxygen atoms in total. The van der Waals surface area contributed by atoms with Gasteiger partial charge in [0.15, 0.2) is 26.9 Å². The average Bonchev–Trinajstić information content (AvgIpc) is 3.50. The number of nitriles is 9. The molecule has 0 unspecified atom stereocenters. The highest BCUT2D eigenvalue weighted by Crippen LogP contribution is 2.40. The number of halogens is 6. The van der Waals surface area contributed by atoms with Crippen LogP contribution in [0.4, 0.5) is 26.3 Å². The van der Waals surface area contributed by atoms with E-state index in [1.807, 2.05) is 0 Å². The standard InChI is InChI=1S/2C10H7BN3O.C7H8BN2O3S.C5HBN3.C4H2BF6O4S2.C4H2BN2/c2*1-10(2)9(11)7(14-3)8(15-10)6(4-12)5-13;1-9-5(11)4(3-8)6(12)10(2)7(9)14-13;6-5(3-9)4(1-7)2-8;5-1-2(16(12,13)3(6,7)8)17(14,15)4(9,10)11;5-1-4(2-6)3-7/h2*11H,1-2H3;3,8H,1-2H3;6H;1,5H;1,5H/i2*11D;8D;6D;2*5D. The average molecular weight is 1110 g/mol. The zero-order valence-corrected chi connectivity index (χ0v) is 42.1. The Morgan fingerprint density at radius 3 is 1.25 bits per heavy atom. The first-order valence-corrected chi connectivity index (χ1v) is 22.3. The third kappa shape index (κ3) is 17.9. The normalized spacial score (nSPS) is 15.1. The molecule has 0 aromatic rings. The Bertz CT molecular complexity index is 3420. The highest BCUT2D eigenvalue weighted by Gasteiger charge is 2.59. The van der Waals surface area contributed by atoms with E-state index in [9.17, 15) is 57.0 Å². The number of sulfone groups is 2. The van der Waals surface area contributed by atoms with Crippen molar-refractivity contribution in [3.63, 3.8) is 0 Å². The van der Waals surface area contributed by atoms with Crippen LogP contribution in [0.1, 0.15) is 27.7 Å². The monoisotopic (exact) mass is 1120 g/mol. The lowest BCUT2D eigenvalue weighted by atomic mass is 9.82. The summed E-state index contributed by atoms with van der Waals surface area (Å²) < 4.78 is 174. The molecule has 0 aromatic carbocycles. The minimum atomic E-state index is -6.74. The van der Waals surface area contributed by atoms with Crippen molar-refractivity contribution in [3.05, 3.63) is 112 Å². The van der Waals surface area contributed by atoms with Crippen LogP contribution in [0.25, 0.3) is 9.69 Å². The summed E-state index contributed by atoms with van der Waals surface area (Å²) in [6.07, 6.45) is 0. The first kappa shape index (κ1) is 60.2. The van der Waals surface area contributed by atoms with Crippen LogP contribution < -0.4 is 0 Å². The van der Waals surface area contributed by atoms with Crippen molar-refractivity contribution in [3.8, 4) is 54.6 Å². The number of rotatable bonds is 8. The highest BCUT2D eigenvalue weighted by atomic mass is 32.3. The Kier molecular flexibility index (Phi) is 23.5. The summed E-state index contributed by atoms with van der Waals surface area (Å²) in [6.45, 7) is 20.7. The lowest BCUT2D eigenvalue weighted by Crippen LogP contribution is -2.53. The van der Waals surface area contributed by atoms with Crippen LogP contribution >= 0.6 is 0 Å². The van der Waals surface area contributed by atoms with Crippen molar-refractivity contribution in [2.45, 2.75) is 49.9 Å². The summed E-state index contributed by atoms with van der Waals surface area (Å²) in [7, 11) is -6.49. The van der Waals surface area contributed by atoms with Gasteiger partial charge in [-0.15, -0.1) is 5.98 Å². The van der Waals surface area contributed by atoms with Crippen LogP contribution in [-0.4, -0.2) is 139 Å². The first-order valence-electron chi connectivity index (χ1n) is 22.1. The fraction of sp³-hybridized carbons (Fsp3) is 0.250. The van der Waals surface area contributed by atoms with Crippen molar-refractivity contribution >= 4 is 94.7 Å². The molecule has 0 bridgehead atoms. The van der Waals surface area contributed by atoms with Crippen LogP contribution in [0.3, 0.4) is 0 Å². The molecular weight excluding hydrogens is 1080 g/mol. The molecule has 1 fully saturated rings. The maximum absolute atomic E-state index is 12.0. The molecule has 3 heterocycles. The van der Waals surface area contributed by atoms with E-state index in [2.05, 4.69) is 9.69 Å². The Hall–Kier alpha value is -9.39. The third-order valence-electron chi connectivity index (χ3n) is 8.26. The van der Waals surface area contributed by atoms with E-state index >= 15 is 0 Å². The van der Waals surface area contributed by atoms with Gasteiger partial charge in [-0.2, -0.15) is 73.7 Å². The number of nitrogens with zero attached hydrogens (tertiary/aromatic N) is 13. The second kappa shape index (κ2) is 30.1. The maximum atomic E-state index is 12.0. The number of carbonyl (C=O) groups is 2. The third-order valence-corrected chi connectivity index (χ3v) is 12.8. The number of carbonyl (C=O) groups excluding carboxylic acids is 2. The van der Waals surface area contributed by atoms with E-state index in [0.717, 1.165) is 53.0 Å². The molecule has 0 saturated carbocycles. The molecule has 3 rings (SSSR count). The van der Waals surface area contributed by atoms with Gasteiger partial charge in [0.1, 0.15) is 129 Å². The second-order valence-electron chi connectivity index (χ2n) is 13.8. The first-order chi connectivity index (χ1) is 38.4. The van der Waals surface area contributed by atoms with Crippen LogP contribution in [-0.2, 0) is 50.0 Å². The molecule has 2 amide bonds. The summed E-state index contributed by atoms with van der Waals surface area (Å²) >= 11 is 0.0821. The van der Waals surface area contributed by atoms with Gasteiger partial charge in [0.05, 0.1) is 24.8 Å². The number of hydrogen-bond acceptors (Lipinski definition) is 18. The molecule has 6 radical (unpaired) electrons. The fourth-order valence-electron chi connectivity index (χ4n) is 4.30. The number of allylic oxidation sites excluding steroid dienone is 5. The number of likely N-dealkylation sites (N-methyl/N-ethyl adjacent to an activating group) is 2. The van der Waals surface area contributed by atoms with E-state index in [1.165, 1.54) is 26.2 Å². The van der Waals surface area contributed by atoms with Gasteiger partial charge in [0.2, 0.25) is 16.5 Å². The van der Waals surface area contributed by atoms with Gasteiger partial charge in [-0.1, -0.05) is 22.9 Å².